The zero-order chi connectivity index (χ0) is 13.8. The highest BCUT2D eigenvalue weighted by atomic mass is 79.9. The quantitative estimate of drug-likeness (QED) is 0.814. The molecule has 0 aliphatic carbocycles. The Balaban J connectivity index is 2.40. The zero-order valence-corrected chi connectivity index (χ0v) is 11.3. The van der Waals surface area contributed by atoms with E-state index < -0.39 is 17.5 Å². The Kier molecular flexibility index (Phi) is 4.03. The minimum Gasteiger partial charge on any atom is -0.292 e. The van der Waals surface area contributed by atoms with Crippen LogP contribution in [0.1, 0.15) is 22.0 Å². The van der Waals surface area contributed by atoms with Gasteiger partial charge in [0, 0.05) is 16.2 Å². The molecular formula is C14H8BrFN2O. The third kappa shape index (κ3) is 2.85. The summed E-state index contributed by atoms with van der Waals surface area (Å²) >= 11 is 3.13. The maximum absolute atomic E-state index is 13.0. The number of carbonyl (C=O) groups excluding carboxylic acids is 1. The monoisotopic (exact) mass is 318 g/mol. The smallest absolute Gasteiger partial charge is 0.187 e. The number of Topliss-reactive ketones (excluding diaryl/α,β-unsaturated/α-hetero) is 1. The van der Waals surface area contributed by atoms with E-state index in [9.17, 15) is 9.18 Å². The van der Waals surface area contributed by atoms with E-state index in [0.29, 0.717) is 10.2 Å². The molecular weight excluding hydrogens is 311 g/mol. The maximum atomic E-state index is 13.0. The molecule has 0 saturated heterocycles. The molecule has 0 aliphatic heterocycles. The molecule has 0 saturated carbocycles. The summed E-state index contributed by atoms with van der Waals surface area (Å²) in [5, 5.41) is 9.16. The Morgan fingerprint density at radius 1 is 1.37 bits per heavy atom. The Morgan fingerprint density at radius 3 is 2.74 bits per heavy atom. The number of aromatic nitrogens is 1. The number of halogens is 2. The highest BCUT2D eigenvalue weighted by molar-refractivity contribution is 9.10. The number of rotatable bonds is 3. The topological polar surface area (TPSA) is 53.8 Å². The molecule has 1 aromatic carbocycles. The lowest BCUT2D eigenvalue weighted by Gasteiger charge is -2.09. The predicted molar refractivity (Wildman–Crippen MR) is 71.0 cm³/mol. The molecule has 3 nitrogen and oxygen atoms in total. The summed E-state index contributed by atoms with van der Waals surface area (Å²) in [6, 6.07) is 10.7. The van der Waals surface area contributed by atoms with E-state index in [-0.39, 0.29) is 5.56 Å². The largest absolute Gasteiger partial charge is 0.292 e. The van der Waals surface area contributed by atoms with Crippen LogP contribution in [0.5, 0.6) is 0 Å². The van der Waals surface area contributed by atoms with Crippen molar-refractivity contribution in [2.75, 3.05) is 0 Å². The van der Waals surface area contributed by atoms with Gasteiger partial charge >= 0.3 is 0 Å². The summed E-state index contributed by atoms with van der Waals surface area (Å²) in [6.07, 6.45) is 1.52. The molecule has 0 spiro atoms. The van der Waals surface area contributed by atoms with Gasteiger partial charge < -0.3 is 0 Å². The van der Waals surface area contributed by atoms with Crippen LogP contribution in [0.4, 0.5) is 4.39 Å². The Morgan fingerprint density at radius 2 is 2.16 bits per heavy atom. The number of hydrogen-bond acceptors (Lipinski definition) is 3. The van der Waals surface area contributed by atoms with Gasteiger partial charge in [-0.05, 0) is 46.3 Å². The molecule has 2 rings (SSSR count). The van der Waals surface area contributed by atoms with Crippen LogP contribution in [0.3, 0.4) is 0 Å². The van der Waals surface area contributed by atoms with Gasteiger partial charge in [0.2, 0.25) is 0 Å². The zero-order valence-electron chi connectivity index (χ0n) is 9.68. The normalized spacial score (nSPS) is 11.6. The van der Waals surface area contributed by atoms with Gasteiger partial charge in [-0.2, -0.15) is 5.26 Å². The first kappa shape index (κ1) is 13.4. The van der Waals surface area contributed by atoms with Crippen molar-refractivity contribution in [2.45, 2.75) is 5.92 Å². The highest BCUT2D eigenvalue weighted by Crippen LogP contribution is 2.25. The summed E-state index contributed by atoms with van der Waals surface area (Å²) in [5.41, 5.74) is 0.643. The van der Waals surface area contributed by atoms with Crippen molar-refractivity contribution in [1.29, 1.82) is 5.26 Å². The number of nitrogens with zero attached hydrogens (tertiary/aromatic N) is 2. The van der Waals surface area contributed by atoms with Crippen LogP contribution in [-0.2, 0) is 0 Å². The van der Waals surface area contributed by atoms with E-state index in [2.05, 4.69) is 20.9 Å². The van der Waals surface area contributed by atoms with Crippen LogP contribution < -0.4 is 0 Å². The Hall–Kier alpha value is -2.06. The summed E-state index contributed by atoms with van der Waals surface area (Å²) in [6.45, 7) is 0. The summed E-state index contributed by atoms with van der Waals surface area (Å²) < 4.78 is 13.3. The standard InChI is InChI=1S/C14H8BrFN2O/c15-12-7-9(16)4-5-10(12)14(19)11(8-17)13-3-1-2-6-18-13/h1-7,11H. The summed E-state index contributed by atoms with van der Waals surface area (Å²) in [5.74, 6) is -1.86. The fourth-order valence-corrected chi connectivity index (χ4v) is 2.20. The van der Waals surface area contributed by atoms with Gasteiger partial charge in [-0.25, -0.2) is 4.39 Å². The van der Waals surface area contributed by atoms with Gasteiger partial charge in [-0.1, -0.05) is 6.07 Å². The number of benzene rings is 1. The van der Waals surface area contributed by atoms with Crippen LogP contribution >= 0.6 is 15.9 Å². The van der Waals surface area contributed by atoms with Crippen molar-refractivity contribution in [3.05, 3.63) is 64.1 Å². The summed E-state index contributed by atoms with van der Waals surface area (Å²) in [7, 11) is 0. The molecule has 94 valence electrons. The molecule has 0 radical (unpaired) electrons. The van der Waals surface area contributed by atoms with E-state index >= 15 is 0 Å². The average molecular weight is 319 g/mol. The number of nitriles is 1. The van der Waals surface area contributed by atoms with Gasteiger partial charge in [0.1, 0.15) is 5.82 Å². The van der Waals surface area contributed by atoms with Gasteiger partial charge in [0.15, 0.2) is 11.7 Å². The number of hydrogen-bond donors (Lipinski definition) is 0. The van der Waals surface area contributed by atoms with Crippen LogP contribution in [0.15, 0.2) is 47.1 Å². The van der Waals surface area contributed by atoms with Crippen LogP contribution in [-0.4, -0.2) is 10.8 Å². The van der Waals surface area contributed by atoms with Gasteiger partial charge in [0.25, 0.3) is 0 Å². The van der Waals surface area contributed by atoms with E-state index in [1.54, 1.807) is 18.2 Å². The number of pyridine rings is 1. The van der Waals surface area contributed by atoms with Crippen molar-refractivity contribution < 1.29 is 9.18 Å². The molecule has 1 atom stereocenters. The van der Waals surface area contributed by atoms with Gasteiger partial charge in [0.05, 0.1) is 11.8 Å². The van der Waals surface area contributed by atoms with E-state index in [0.717, 1.165) is 0 Å². The maximum Gasteiger partial charge on any atom is 0.187 e. The van der Waals surface area contributed by atoms with Crippen LogP contribution in [0, 0.1) is 17.1 Å². The molecule has 0 amide bonds. The fourth-order valence-electron chi connectivity index (χ4n) is 1.65. The minimum absolute atomic E-state index is 0.263. The van der Waals surface area contributed by atoms with E-state index in [4.69, 9.17) is 5.26 Å². The molecule has 0 bridgehead atoms. The number of ketones is 1. The molecule has 1 unspecified atom stereocenters. The van der Waals surface area contributed by atoms with Gasteiger partial charge in [-0.3, -0.25) is 9.78 Å². The molecule has 2 aromatic rings. The van der Waals surface area contributed by atoms with Crippen molar-refractivity contribution in [3.8, 4) is 6.07 Å². The molecule has 0 N–H and O–H groups in total. The molecule has 0 fully saturated rings. The van der Waals surface area contributed by atoms with Crippen molar-refractivity contribution in [2.24, 2.45) is 0 Å². The lowest BCUT2D eigenvalue weighted by Crippen LogP contribution is -2.13. The minimum atomic E-state index is -0.997. The van der Waals surface area contributed by atoms with E-state index in [1.165, 1.54) is 24.4 Å². The Bertz CT molecular complexity index is 652. The van der Waals surface area contributed by atoms with Crippen molar-refractivity contribution >= 4 is 21.7 Å². The summed E-state index contributed by atoms with van der Waals surface area (Å²) in [4.78, 5) is 16.3. The van der Waals surface area contributed by atoms with E-state index in [1.807, 2.05) is 6.07 Å². The van der Waals surface area contributed by atoms with Crippen LogP contribution in [0.2, 0.25) is 0 Å². The molecule has 1 heterocycles. The molecule has 0 aliphatic rings. The lowest BCUT2D eigenvalue weighted by atomic mass is 9.95. The third-order valence-corrected chi connectivity index (χ3v) is 3.23. The second-order valence-electron chi connectivity index (χ2n) is 3.81. The molecule has 19 heavy (non-hydrogen) atoms. The average Bonchev–Trinajstić information content (AvgIpc) is 2.40. The second kappa shape index (κ2) is 5.72. The SMILES string of the molecule is N#CC(C(=O)c1ccc(F)cc1Br)c1ccccn1. The third-order valence-electron chi connectivity index (χ3n) is 2.57. The highest BCUT2D eigenvalue weighted by Gasteiger charge is 2.24. The first-order valence-electron chi connectivity index (χ1n) is 5.43. The van der Waals surface area contributed by atoms with Gasteiger partial charge in [-0.15, -0.1) is 0 Å². The fraction of sp³-hybridized carbons (Fsp3) is 0.0714. The van der Waals surface area contributed by atoms with Crippen molar-refractivity contribution in [3.63, 3.8) is 0 Å². The first-order chi connectivity index (χ1) is 9.13. The van der Waals surface area contributed by atoms with Crippen LogP contribution in [0.25, 0.3) is 0 Å². The number of carbonyl (C=O) groups is 1. The van der Waals surface area contributed by atoms with Crippen molar-refractivity contribution in [1.82, 2.24) is 4.98 Å². The predicted octanol–water partition coefficient (Wildman–Crippen LogP) is 3.47. The lowest BCUT2D eigenvalue weighted by molar-refractivity contribution is 0.0977. The second-order valence-corrected chi connectivity index (χ2v) is 4.66. The first-order valence-corrected chi connectivity index (χ1v) is 6.22. The Labute approximate surface area is 117 Å². The molecule has 1 aromatic heterocycles. The molecule has 5 heteroatoms.